The van der Waals surface area contributed by atoms with Crippen molar-refractivity contribution in [2.45, 2.75) is 20.4 Å². The summed E-state index contributed by atoms with van der Waals surface area (Å²) in [7, 11) is 3.84. The summed E-state index contributed by atoms with van der Waals surface area (Å²) in [6.45, 7) is 4.01. The predicted molar refractivity (Wildman–Crippen MR) is 114 cm³/mol. The zero-order valence-electron chi connectivity index (χ0n) is 17.3. The SMILES string of the molecule is Cc1ccc(-c2noc(C)c2Cn2ncc(-c3ccnc(N(C)C)c3)cc2=O)cn1. The molecule has 0 spiro atoms. The quantitative estimate of drug-likeness (QED) is 0.507. The second-order valence-electron chi connectivity index (χ2n) is 7.29. The first-order valence-corrected chi connectivity index (χ1v) is 9.51. The summed E-state index contributed by atoms with van der Waals surface area (Å²) in [6.07, 6.45) is 5.16. The Morgan fingerprint density at radius 2 is 1.83 bits per heavy atom. The maximum Gasteiger partial charge on any atom is 0.267 e. The number of nitrogens with zero attached hydrogens (tertiary/aromatic N) is 6. The second kappa shape index (κ2) is 7.90. The lowest BCUT2D eigenvalue weighted by atomic mass is 10.1. The summed E-state index contributed by atoms with van der Waals surface area (Å²) in [5.74, 6) is 1.46. The van der Waals surface area contributed by atoms with Crippen LogP contribution in [0, 0.1) is 13.8 Å². The second-order valence-corrected chi connectivity index (χ2v) is 7.29. The van der Waals surface area contributed by atoms with Crippen molar-refractivity contribution < 1.29 is 4.52 Å². The molecule has 0 aliphatic heterocycles. The molecule has 0 unspecified atom stereocenters. The molecule has 8 nitrogen and oxygen atoms in total. The van der Waals surface area contributed by atoms with Crippen molar-refractivity contribution in [1.82, 2.24) is 24.9 Å². The maximum absolute atomic E-state index is 12.8. The lowest BCUT2D eigenvalue weighted by Crippen LogP contribution is -2.23. The van der Waals surface area contributed by atoms with Crippen LogP contribution in [-0.2, 0) is 6.54 Å². The molecule has 0 radical (unpaired) electrons. The van der Waals surface area contributed by atoms with E-state index in [4.69, 9.17) is 4.52 Å². The highest BCUT2D eigenvalue weighted by Crippen LogP contribution is 2.25. The molecule has 0 saturated carbocycles. The van der Waals surface area contributed by atoms with E-state index in [2.05, 4.69) is 20.2 Å². The molecular weight excluding hydrogens is 380 g/mol. The molecule has 0 fully saturated rings. The zero-order chi connectivity index (χ0) is 21.3. The Hall–Kier alpha value is -3.81. The van der Waals surface area contributed by atoms with Crippen LogP contribution in [0.3, 0.4) is 0 Å². The van der Waals surface area contributed by atoms with E-state index in [1.165, 1.54) is 4.68 Å². The van der Waals surface area contributed by atoms with Gasteiger partial charge in [-0.3, -0.25) is 9.78 Å². The van der Waals surface area contributed by atoms with Crippen molar-refractivity contribution in [3.63, 3.8) is 0 Å². The van der Waals surface area contributed by atoms with E-state index in [1.54, 1.807) is 24.7 Å². The van der Waals surface area contributed by atoms with Gasteiger partial charge in [0, 0.05) is 54.9 Å². The van der Waals surface area contributed by atoms with E-state index >= 15 is 0 Å². The Morgan fingerprint density at radius 1 is 1.00 bits per heavy atom. The molecule has 0 amide bonds. The normalized spacial score (nSPS) is 10.9. The number of rotatable bonds is 5. The van der Waals surface area contributed by atoms with Gasteiger partial charge in [-0.1, -0.05) is 5.16 Å². The van der Waals surface area contributed by atoms with Crippen LogP contribution in [0.2, 0.25) is 0 Å². The minimum absolute atomic E-state index is 0.204. The molecular formula is C22H22N6O2. The van der Waals surface area contributed by atoms with Gasteiger partial charge in [0.2, 0.25) is 0 Å². The van der Waals surface area contributed by atoms with Crippen molar-refractivity contribution in [2.24, 2.45) is 0 Å². The first-order chi connectivity index (χ1) is 14.4. The average molecular weight is 402 g/mol. The van der Waals surface area contributed by atoms with Gasteiger partial charge in [0.05, 0.1) is 12.7 Å². The molecule has 152 valence electrons. The Kier molecular flexibility index (Phi) is 5.14. The van der Waals surface area contributed by atoms with Gasteiger partial charge < -0.3 is 9.42 Å². The Balaban J connectivity index is 1.66. The highest BCUT2D eigenvalue weighted by Gasteiger charge is 2.17. The molecule has 0 N–H and O–H groups in total. The molecule has 4 aromatic heterocycles. The third-order valence-corrected chi connectivity index (χ3v) is 4.88. The van der Waals surface area contributed by atoms with E-state index in [0.29, 0.717) is 11.5 Å². The lowest BCUT2D eigenvalue weighted by Gasteiger charge is -2.12. The molecule has 0 aliphatic carbocycles. The number of aryl methyl sites for hydroxylation is 2. The number of anilines is 1. The summed E-state index contributed by atoms with van der Waals surface area (Å²) >= 11 is 0. The number of pyridine rings is 2. The molecule has 0 aromatic carbocycles. The molecule has 0 saturated heterocycles. The van der Waals surface area contributed by atoms with Gasteiger partial charge in [0.1, 0.15) is 17.3 Å². The van der Waals surface area contributed by atoms with Crippen molar-refractivity contribution in [1.29, 1.82) is 0 Å². The van der Waals surface area contributed by atoms with E-state index in [0.717, 1.165) is 33.8 Å². The topological polar surface area (TPSA) is 89.9 Å². The third kappa shape index (κ3) is 3.84. The highest BCUT2D eigenvalue weighted by atomic mass is 16.5. The van der Waals surface area contributed by atoms with E-state index in [-0.39, 0.29) is 12.1 Å². The summed E-state index contributed by atoms with van der Waals surface area (Å²) in [5.41, 5.74) is 4.66. The maximum atomic E-state index is 12.8. The number of hydrogen-bond acceptors (Lipinski definition) is 7. The van der Waals surface area contributed by atoms with Crippen LogP contribution in [0.1, 0.15) is 17.0 Å². The van der Waals surface area contributed by atoms with Gasteiger partial charge in [-0.2, -0.15) is 5.10 Å². The third-order valence-electron chi connectivity index (χ3n) is 4.88. The van der Waals surface area contributed by atoms with Gasteiger partial charge >= 0.3 is 0 Å². The van der Waals surface area contributed by atoms with Crippen LogP contribution >= 0.6 is 0 Å². The van der Waals surface area contributed by atoms with E-state index in [1.807, 2.05) is 57.1 Å². The smallest absolute Gasteiger partial charge is 0.267 e. The largest absolute Gasteiger partial charge is 0.363 e. The fourth-order valence-electron chi connectivity index (χ4n) is 3.11. The van der Waals surface area contributed by atoms with Crippen LogP contribution in [-0.4, -0.2) is 39.0 Å². The van der Waals surface area contributed by atoms with Crippen LogP contribution in [0.4, 0.5) is 5.82 Å². The molecule has 8 heteroatoms. The molecule has 0 atom stereocenters. The number of aromatic nitrogens is 5. The van der Waals surface area contributed by atoms with Gasteiger partial charge in [-0.15, -0.1) is 0 Å². The van der Waals surface area contributed by atoms with Crippen molar-refractivity contribution in [3.05, 3.63) is 76.3 Å². The zero-order valence-corrected chi connectivity index (χ0v) is 17.3. The summed E-state index contributed by atoms with van der Waals surface area (Å²) in [6, 6.07) is 9.22. The molecule has 4 heterocycles. The van der Waals surface area contributed by atoms with Crippen LogP contribution in [0.5, 0.6) is 0 Å². The highest BCUT2D eigenvalue weighted by molar-refractivity contribution is 5.65. The van der Waals surface area contributed by atoms with Crippen LogP contribution < -0.4 is 10.5 Å². The fourth-order valence-corrected chi connectivity index (χ4v) is 3.11. The molecule has 30 heavy (non-hydrogen) atoms. The van der Waals surface area contributed by atoms with Gasteiger partial charge in [0.15, 0.2) is 0 Å². The summed E-state index contributed by atoms with van der Waals surface area (Å²) < 4.78 is 6.79. The fraction of sp³-hybridized carbons (Fsp3) is 0.227. The first-order valence-electron chi connectivity index (χ1n) is 9.51. The van der Waals surface area contributed by atoms with Gasteiger partial charge in [-0.25, -0.2) is 9.67 Å². The minimum Gasteiger partial charge on any atom is -0.363 e. The molecule has 0 bridgehead atoms. The molecule has 0 aliphatic rings. The van der Waals surface area contributed by atoms with Crippen molar-refractivity contribution >= 4 is 5.82 Å². The van der Waals surface area contributed by atoms with Gasteiger partial charge in [-0.05, 0) is 43.7 Å². The number of hydrogen-bond donors (Lipinski definition) is 0. The van der Waals surface area contributed by atoms with Crippen LogP contribution in [0.15, 0.2) is 58.2 Å². The molecule has 4 aromatic rings. The molecule has 4 rings (SSSR count). The van der Waals surface area contributed by atoms with E-state index < -0.39 is 0 Å². The predicted octanol–water partition coefficient (Wildman–Crippen LogP) is 3.09. The van der Waals surface area contributed by atoms with Crippen molar-refractivity contribution in [3.8, 4) is 22.4 Å². The Bertz CT molecular complexity index is 1240. The minimum atomic E-state index is -0.204. The van der Waals surface area contributed by atoms with E-state index in [9.17, 15) is 4.79 Å². The van der Waals surface area contributed by atoms with Crippen LogP contribution in [0.25, 0.3) is 22.4 Å². The van der Waals surface area contributed by atoms with Crippen molar-refractivity contribution in [2.75, 3.05) is 19.0 Å². The summed E-state index contributed by atoms with van der Waals surface area (Å²) in [5, 5.41) is 8.54. The average Bonchev–Trinajstić information content (AvgIpc) is 3.10. The summed E-state index contributed by atoms with van der Waals surface area (Å²) in [4.78, 5) is 23.3. The van der Waals surface area contributed by atoms with Gasteiger partial charge in [0.25, 0.3) is 5.56 Å². The standard InChI is InChI=1S/C22H22N6O2/c1-14-5-6-17(11-24-14)22-19(15(2)30-26-22)13-28-21(29)10-18(12-25-28)16-7-8-23-20(9-16)27(3)4/h5-12H,13H2,1-4H3. The lowest BCUT2D eigenvalue weighted by molar-refractivity contribution is 0.397. The Labute approximate surface area is 173 Å². The Morgan fingerprint density at radius 3 is 2.53 bits per heavy atom. The first kappa shape index (κ1) is 19.5. The monoisotopic (exact) mass is 402 g/mol.